The van der Waals surface area contributed by atoms with E-state index in [0.717, 1.165) is 5.71 Å². The molecule has 0 aromatic heterocycles. The monoisotopic (exact) mass is 515 g/mol. The molecule has 1 saturated heterocycles. The van der Waals surface area contributed by atoms with Crippen LogP contribution in [0.15, 0.2) is 17.5 Å². The quantitative estimate of drug-likeness (QED) is 0.249. The minimum absolute atomic E-state index is 0.0177. The molecule has 0 aliphatic carbocycles. The van der Waals surface area contributed by atoms with Gasteiger partial charge >= 0.3 is 0 Å². The van der Waals surface area contributed by atoms with Gasteiger partial charge in [-0.25, -0.2) is 0 Å². The standard InChI is InChI=1S/C26H47NO5S.C2H6/c1-12-21-25(7,8)24(29)19(5)22(27-31-15-33-11)16(2)13-26(9,30-10)14-17(3)23(28)18(4)20(6)32-21;1-2/h16-19,21,24,29H,6,12-15H2,1-5,7-11H3;1-2H3/b27-22+;/t16-,17-,18?,19+,21-,24-,26-;/m1./s1. The maximum atomic E-state index is 13.2. The van der Waals surface area contributed by atoms with Crippen molar-refractivity contribution in [2.24, 2.45) is 34.2 Å². The number of rotatable bonds is 5. The van der Waals surface area contributed by atoms with E-state index >= 15 is 0 Å². The van der Waals surface area contributed by atoms with Crippen LogP contribution in [0.3, 0.4) is 0 Å². The second kappa shape index (κ2) is 15.3. The van der Waals surface area contributed by atoms with E-state index in [1.807, 2.05) is 68.6 Å². The summed E-state index contributed by atoms with van der Waals surface area (Å²) in [6.45, 7) is 24.0. The van der Waals surface area contributed by atoms with Gasteiger partial charge in [0.2, 0.25) is 0 Å². The van der Waals surface area contributed by atoms with E-state index in [1.165, 1.54) is 0 Å². The van der Waals surface area contributed by atoms with Crippen molar-refractivity contribution < 1.29 is 24.2 Å². The first kappa shape index (κ1) is 34.0. The van der Waals surface area contributed by atoms with Crippen molar-refractivity contribution in [3.8, 4) is 0 Å². The summed E-state index contributed by atoms with van der Waals surface area (Å²) in [4.78, 5) is 18.8. The third-order valence-corrected chi connectivity index (χ3v) is 7.75. The number of aliphatic hydroxyl groups is 1. The number of Topliss-reactive ketones (excluding diaryl/α,β-unsaturated/α-hetero) is 1. The van der Waals surface area contributed by atoms with Gasteiger partial charge in [0.1, 0.15) is 11.9 Å². The van der Waals surface area contributed by atoms with Gasteiger partial charge < -0.3 is 19.4 Å². The molecular weight excluding hydrogens is 462 g/mol. The summed E-state index contributed by atoms with van der Waals surface area (Å²) in [5.41, 5.74) is -0.349. The molecule has 35 heavy (non-hydrogen) atoms. The van der Waals surface area contributed by atoms with Gasteiger partial charge in [-0.05, 0) is 39.4 Å². The fraction of sp³-hybridized carbons (Fsp3) is 0.857. The van der Waals surface area contributed by atoms with Gasteiger partial charge in [0.15, 0.2) is 5.94 Å². The Bertz CT molecular complexity index is 695. The second-order valence-electron chi connectivity index (χ2n) is 10.6. The van der Waals surface area contributed by atoms with Gasteiger partial charge in [-0.15, -0.1) is 11.8 Å². The Morgan fingerprint density at radius 2 is 1.69 bits per heavy atom. The van der Waals surface area contributed by atoms with Crippen molar-refractivity contribution in [2.75, 3.05) is 19.3 Å². The van der Waals surface area contributed by atoms with Gasteiger partial charge in [0.25, 0.3) is 0 Å². The number of aliphatic hydroxyl groups excluding tert-OH is 1. The van der Waals surface area contributed by atoms with Crippen LogP contribution in [0.2, 0.25) is 0 Å². The van der Waals surface area contributed by atoms with Gasteiger partial charge in [0.05, 0.1) is 29.1 Å². The Morgan fingerprint density at radius 1 is 1.14 bits per heavy atom. The van der Waals surface area contributed by atoms with Crippen LogP contribution < -0.4 is 0 Å². The lowest BCUT2D eigenvalue weighted by Gasteiger charge is -2.43. The number of methoxy groups -OCH3 is 1. The van der Waals surface area contributed by atoms with Crippen LogP contribution in [0, 0.1) is 29.1 Å². The summed E-state index contributed by atoms with van der Waals surface area (Å²) in [7, 11) is 1.69. The topological polar surface area (TPSA) is 77.3 Å². The number of nitrogens with zero attached hydrogens (tertiary/aromatic N) is 1. The van der Waals surface area contributed by atoms with Gasteiger partial charge in [-0.1, -0.05) is 67.1 Å². The van der Waals surface area contributed by atoms with Crippen LogP contribution in [0.25, 0.3) is 0 Å². The predicted molar refractivity (Wildman–Crippen MR) is 149 cm³/mol. The molecule has 0 amide bonds. The summed E-state index contributed by atoms with van der Waals surface area (Å²) in [6, 6.07) is 0. The van der Waals surface area contributed by atoms with E-state index in [0.29, 0.717) is 31.0 Å². The molecule has 7 heteroatoms. The predicted octanol–water partition coefficient (Wildman–Crippen LogP) is 6.71. The highest BCUT2D eigenvalue weighted by Gasteiger charge is 2.44. The van der Waals surface area contributed by atoms with Crippen molar-refractivity contribution >= 4 is 23.3 Å². The van der Waals surface area contributed by atoms with Crippen LogP contribution in [0.1, 0.15) is 88.5 Å². The van der Waals surface area contributed by atoms with E-state index in [2.05, 4.69) is 18.7 Å². The summed E-state index contributed by atoms with van der Waals surface area (Å²) in [6.07, 6.45) is 2.82. The Hall–Kier alpha value is -1.05. The maximum Gasteiger partial charge on any atom is 0.162 e. The Morgan fingerprint density at radius 3 is 2.17 bits per heavy atom. The minimum Gasteiger partial charge on any atom is -0.494 e. The normalized spacial score (nSPS) is 36.0. The molecule has 0 aromatic carbocycles. The maximum absolute atomic E-state index is 13.2. The first-order valence-electron chi connectivity index (χ1n) is 13.1. The average molecular weight is 516 g/mol. The first-order valence-corrected chi connectivity index (χ1v) is 14.5. The molecule has 0 radical (unpaired) electrons. The highest BCUT2D eigenvalue weighted by Crippen LogP contribution is 2.39. The van der Waals surface area contributed by atoms with Crippen LogP contribution in [-0.2, 0) is 19.1 Å². The zero-order valence-electron chi connectivity index (χ0n) is 24.4. The molecule has 1 aliphatic heterocycles. The molecule has 0 aromatic rings. The molecule has 1 fully saturated rings. The van der Waals surface area contributed by atoms with Gasteiger partial charge in [-0.3, -0.25) is 4.79 Å². The number of hydrogen-bond donors (Lipinski definition) is 1. The molecule has 1 rings (SSSR count). The van der Waals surface area contributed by atoms with Crippen molar-refractivity contribution in [1.29, 1.82) is 0 Å². The number of carbonyl (C=O) groups excluding carboxylic acids is 1. The number of ketones is 1. The second-order valence-corrected chi connectivity index (χ2v) is 11.4. The Labute approximate surface area is 219 Å². The highest BCUT2D eigenvalue weighted by molar-refractivity contribution is 7.98. The number of carbonyl (C=O) groups is 1. The molecule has 1 heterocycles. The molecule has 0 spiro atoms. The number of thioether (sulfide) groups is 1. The van der Waals surface area contributed by atoms with Crippen molar-refractivity contribution in [1.82, 2.24) is 0 Å². The lowest BCUT2D eigenvalue weighted by atomic mass is 9.70. The van der Waals surface area contributed by atoms with Crippen molar-refractivity contribution in [3.63, 3.8) is 0 Å². The zero-order chi connectivity index (χ0) is 27.6. The van der Waals surface area contributed by atoms with E-state index in [-0.39, 0.29) is 29.6 Å². The minimum atomic E-state index is -0.740. The molecule has 0 bridgehead atoms. The number of ether oxygens (including phenoxy) is 2. The van der Waals surface area contributed by atoms with E-state index in [4.69, 9.17) is 14.3 Å². The molecule has 1 unspecified atom stereocenters. The Balaban J connectivity index is 0.00000562. The van der Waals surface area contributed by atoms with E-state index in [9.17, 15) is 9.90 Å². The fourth-order valence-corrected chi connectivity index (χ4v) is 5.31. The van der Waals surface area contributed by atoms with E-state index < -0.39 is 23.0 Å². The third kappa shape index (κ3) is 9.08. The Kier molecular flexibility index (Phi) is 14.8. The fourth-order valence-electron chi connectivity index (χ4n) is 5.15. The molecule has 0 saturated carbocycles. The van der Waals surface area contributed by atoms with Crippen molar-refractivity contribution in [2.45, 2.75) is 106 Å². The summed E-state index contributed by atoms with van der Waals surface area (Å²) >= 11 is 1.55. The van der Waals surface area contributed by atoms with Crippen LogP contribution in [-0.4, -0.2) is 53.7 Å². The van der Waals surface area contributed by atoms with Crippen LogP contribution >= 0.6 is 11.8 Å². The average Bonchev–Trinajstić information content (AvgIpc) is 2.83. The lowest BCUT2D eigenvalue weighted by Crippen LogP contribution is -2.48. The molecule has 206 valence electrons. The largest absolute Gasteiger partial charge is 0.494 e. The molecule has 7 atom stereocenters. The molecule has 6 nitrogen and oxygen atoms in total. The molecular formula is C28H53NO5S. The summed E-state index contributed by atoms with van der Waals surface area (Å²) in [5.74, 6) is 0.0513. The smallest absolute Gasteiger partial charge is 0.162 e. The van der Waals surface area contributed by atoms with Crippen molar-refractivity contribution in [3.05, 3.63) is 12.3 Å². The number of oxime groups is 1. The first-order chi connectivity index (χ1) is 16.3. The summed E-state index contributed by atoms with van der Waals surface area (Å²) < 4.78 is 12.2. The third-order valence-electron chi connectivity index (χ3n) is 7.41. The summed E-state index contributed by atoms with van der Waals surface area (Å²) in [5, 5.41) is 16.0. The zero-order valence-corrected chi connectivity index (χ0v) is 25.3. The lowest BCUT2D eigenvalue weighted by molar-refractivity contribution is -0.131. The highest BCUT2D eigenvalue weighted by atomic mass is 32.2. The number of hydrogen-bond acceptors (Lipinski definition) is 7. The molecule has 1 aliphatic rings. The number of allylic oxidation sites excluding steroid dienone is 1. The SMILES string of the molecule is C=C1O[C@H](CC)C(C)(C)[C@H](O)[C@@H](C)/C(=N/OCSC)[C@H](C)C[C@@](C)(OC)C[C@@H](C)C(=O)C1C.CC. The van der Waals surface area contributed by atoms with E-state index in [1.54, 1.807) is 18.9 Å². The van der Waals surface area contributed by atoms with Gasteiger partial charge in [0, 0.05) is 30.3 Å². The molecule has 1 N–H and O–H groups in total. The van der Waals surface area contributed by atoms with Crippen LogP contribution in [0.4, 0.5) is 0 Å². The van der Waals surface area contributed by atoms with Gasteiger partial charge in [-0.2, -0.15) is 0 Å². The van der Waals surface area contributed by atoms with Crippen LogP contribution in [0.5, 0.6) is 0 Å².